The normalized spacial score (nSPS) is 15.4. The number of para-hydroxylation sites is 1. The Morgan fingerprint density at radius 2 is 1.75 bits per heavy atom. The van der Waals surface area contributed by atoms with E-state index in [9.17, 15) is 0 Å². The first-order valence-corrected chi connectivity index (χ1v) is 12.3. The Morgan fingerprint density at radius 1 is 0.938 bits per heavy atom. The van der Waals surface area contributed by atoms with Gasteiger partial charge in [-0.3, -0.25) is 0 Å². The van der Waals surface area contributed by atoms with E-state index in [-0.39, 0.29) is 0 Å². The Kier molecular flexibility index (Phi) is 7.45. The van der Waals surface area contributed by atoms with Crippen molar-refractivity contribution in [3.8, 4) is 5.75 Å². The van der Waals surface area contributed by atoms with Crippen molar-refractivity contribution in [1.82, 2.24) is 0 Å². The first kappa shape index (κ1) is 22.4. The maximum atomic E-state index is 6.56. The average molecular weight is 442 g/mol. The van der Waals surface area contributed by atoms with Crippen LogP contribution in [0.4, 0.5) is 5.69 Å². The maximum Gasteiger partial charge on any atom is 0.130 e. The first-order valence-electron chi connectivity index (χ1n) is 11.3. The van der Waals surface area contributed by atoms with Crippen LogP contribution in [-0.2, 0) is 13.0 Å². The molecule has 0 radical (unpaired) electrons. The number of rotatable bonds is 8. The number of ether oxygens (including phenoxy) is 1. The molecule has 4 rings (SSSR count). The van der Waals surface area contributed by atoms with E-state index in [0.717, 1.165) is 18.6 Å². The van der Waals surface area contributed by atoms with Gasteiger partial charge in [-0.2, -0.15) is 0 Å². The summed E-state index contributed by atoms with van der Waals surface area (Å²) in [5.74, 6) is 1.58. The summed E-state index contributed by atoms with van der Waals surface area (Å²) in [5, 5.41) is 2.67. The van der Waals surface area contributed by atoms with Crippen LogP contribution in [-0.4, -0.2) is 14.1 Å². The average Bonchev–Trinajstić information content (AvgIpc) is 2.81. The van der Waals surface area contributed by atoms with E-state index >= 15 is 0 Å². The highest BCUT2D eigenvalue weighted by molar-refractivity contribution is 7.56. The summed E-state index contributed by atoms with van der Waals surface area (Å²) in [4.78, 5) is 2.21. The molecule has 3 aromatic rings. The van der Waals surface area contributed by atoms with Crippen LogP contribution in [0.15, 0.2) is 91.0 Å². The fourth-order valence-electron chi connectivity index (χ4n) is 4.13. The molecule has 1 aliphatic rings. The van der Waals surface area contributed by atoms with E-state index < -0.39 is 0 Å². The van der Waals surface area contributed by atoms with Crippen LogP contribution < -0.4 is 20.2 Å². The molecule has 164 valence electrons. The third-order valence-electron chi connectivity index (χ3n) is 5.87. The highest BCUT2D eigenvalue weighted by Crippen LogP contribution is 2.31. The van der Waals surface area contributed by atoms with E-state index in [1.807, 2.05) is 6.07 Å². The van der Waals surface area contributed by atoms with E-state index in [4.69, 9.17) is 4.74 Å². The van der Waals surface area contributed by atoms with Crippen LogP contribution in [0.25, 0.3) is 0 Å². The number of hydrogen-bond acceptors (Lipinski definition) is 2. The quantitative estimate of drug-likeness (QED) is 0.401. The third-order valence-corrected chi connectivity index (χ3v) is 7.43. The van der Waals surface area contributed by atoms with Gasteiger partial charge in [-0.05, 0) is 48.4 Å². The predicted molar refractivity (Wildman–Crippen MR) is 140 cm³/mol. The van der Waals surface area contributed by atoms with Gasteiger partial charge >= 0.3 is 0 Å². The second-order valence-corrected chi connectivity index (χ2v) is 9.86. The van der Waals surface area contributed by atoms with Crippen LogP contribution >= 0.6 is 8.58 Å². The predicted octanol–water partition coefficient (Wildman–Crippen LogP) is 5.94. The summed E-state index contributed by atoms with van der Waals surface area (Å²) < 4.78 is 6.56. The second-order valence-electron chi connectivity index (χ2n) is 8.57. The molecule has 2 nitrogen and oxygen atoms in total. The van der Waals surface area contributed by atoms with E-state index in [2.05, 4.69) is 111 Å². The third kappa shape index (κ3) is 5.50. The van der Waals surface area contributed by atoms with E-state index in [1.54, 1.807) is 0 Å². The molecule has 3 heteroatoms. The zero-order valence-corrected chi connectivity index (χ0v) is 20.2. The highest BCUT2D eigenvalue weighted by Gasteiger charge is 2.17. The van der Waals surface area contributed by atoms with Crippen molar-refractivity contribution >= 4 is 24.9 Å². The molecule has 0 aliphatic heterocycles. The van der Waals surface area contributed by atoms with Gasteiger partial charge in [0.15, 0.2) is 0 Å². The van der Waals surface area contributed by atoms with Gasteiger partial charge < -0.3 is 9.64 Å². The minimum absolute atomic E-state index is 0.522. The fraction of sp³-hybridized carbons (Fsp3) is 0.241. The summed E-state index contributed by atoms with van der Waals surface area (Å²) in [6.45, 7) is 2.80. The molecule has 0 saturated carbocycles. The van der Waals surface area contributed by atoms with Crippen molar-refractivity contribution in [2.75, 3.05) is 19.0 Å². The lowest BCUT2D eigenvalue weighted by molar-refractivity contribution is 0.304. The molecule has 0 saturated heterocycles. The Hall–Kier alpha value is -2.83. The van der Waals surface area contributed by atoms with Crippen LogP contribution in [0, 0.1) is 12.8 Å². The molecule has 0 N–H and O–H groups in total. The van der Waals surface area contributed by atoms with Gasteiger partial charge in [0.2, 0.25) is 0 Å². The number of anilines is 1. The second kappa shape index (κ2) is 10.7. The van der Waals surface area contributed by atoms with Crippen LogP contribution in [0.1, 0.15) is 23.1 Å². The van der Waals surface area contributed by atoms with Crippen LogP contribution in [0.2, 0.25) is 0 Å². The molecule has 0 aromatic heterocycles. The van der Waals surface area contributed by atoms with E-state index in [1.165, 1.54) is 33.0 Å². The van der Waals surface area contributed by atoms with Gasteiger partial charge in [-0.15, -0.1) is 0 Å². The largest absolute Gasteiger partial charge is 0.488 e. The molecule has 2 unspecified atom stereocenters. The molecule has 0 heterocycles. The van der Waals surface area contributed by atoms with Gasteiger partial charge in [0.05, 0.1) is 0 Å². The molecule has 0 bridgehead atoms. The van der Waals surface area contributed by atoms with Crippen molar-refractivity contribution in [3.63, 3.8) is 0 Å². The summed E-state index contributed by atoms with van der Waals surface area (Å²) in [6.07, 6.45) is 11.0. The monoisotopic (exact) mass is 441 g/mol. The van der Waals surface area contributed by atoms with Crippen LogP contribution in [0.3, 0.4) is 0 Å². The topological polar surface area (TPSA) is 12.5 Å². The van der Waals surface area contributed by atoms with Gasteiger partial charge in [0.1, 0.15) is 12.4 Å². The van der Waals surface area contributed by atoms with E-state index in [0.29, 0.717) is 21.1 Å². The SMILES string of the molecule is Cc1cccc(N(C)C)c1Pc1cccc(CC2C=CC=CC2)c1OCc1ccccc1. The Balaban J connectivity index is 1.68. The standard InChI is InChI=1S/C29H32NOP/c1-22-12-10-18-26(30(2)3)29(22)32-27-19-11-17-25(20-23-13-6-4-7-14-23)28(27)31-21-24-15-8-5-9-16-24/h4-13,15-19,23,32H,14,20-21H2,1-3H3. The van der Waals surface area contributed by atoms with Crippen molar-refractivity contribution < 1.29 is 4.74 Å². The number of aryl methyl sites for hydroxylation is 1. The van der Waals surface area contributed by atoms with Gasteiger partial charge in [0, 0.05) is 30.4 Å². The molecule has 0 spiro atoms. The lowest BCUT2D eigenvalue weighted by atomic mass is 9.93. The first-order chi connectivity index (χ1) is 15.6. The molecular weight excluding hydrogens is 409 g/mol. The molecule has 2 atom stereocenters. The van der Waals surface area contributed by atoms with Crippen molar-refractivity contribution in [3.05, 3.63) is 108 Å². The smallest absolute Gasteiger partial charge is 0.130 e. The summed E-state index contributed by atoms with van der Waals surface area (Å²) in [6, 6.07) is 23.7. The lowest BCUT2D eigenvalue weighted by Crippen LogP contribution is -2.20. The summed E-state index contributed by atoms with van der Waals surface area (Å²) in [7, 11) is 4.78. The number of nitrogens with zero attached hydrogens (tertiary/aromatic N) is 1. The zero-order valence-electron chi connectivity index (χ0n) is 19.2. The lowest BCUT2D eigenvalue weighted by Gasteiger charge is -2.22. The number of allylic oxidation sites excluding steroid dienone is 4. The Bertz CT molecular complexity index is 1100. The minimum atomic E-state index is 0.522. The summed E-state index contributed by atoms with van der Waals surface area (Å²) >= 11 is 0. The Morgan fingerprint density at radius 3 is 2.50 bits per heavy atom. The molecule has 0 fully saturated rings. The maximum absolute atomic E-state index is 6.56. The van der Waals surface area contributed by atoms with Gasteiger partial charge in [-0.1, -0.05) is 93.5 Å². The molecular formula is C29H32NOP. The molecule has 1 aliphatic carbocycles. The number of benzene rings is 3. The molecule has 0 amide bonds. The van der Waals surface area contributed by atoms with Crippen LogP contribution in [0.5, 0.6) is 5.75 Å². The van der Waals surface area contributed by atoms with Gasteiger partial charge in [0.25, 0.3) is 0 Å². The van der Waals surface area contributed by atoms with Crippen molar-refractivity contribution in [1.29, 1.82) is 0 Å². The van der Waals surface area contributed by atoms with Crippen molar-refractivity contribution in [2.24, 2.45) is 5.92 Å². The number of hydrogen-bond donors (Lipinski definition) is 0. The highest BCUT2D eigenvalue weighted by atomic mass is 31.1. The van der Waals surface area contributed by atoms with Crippen molar-refractivity contribution in [2.45, 2.75) is 26.4 Å². The summed E-state index contributed by atoms with van der Waals surface area (Å²) in [5.41, 5.74) is 5.11. The Labute approximate surface area is 194 Å². The van der Waals surface area contributed by atoms with Gasteiger partial charge in [-0.25, -0.2) is 0 Å². The molecule has 3 aromatic carbocycles. The zero-order chi connectivity index (χ0) is 22.3. The minimum Gasteiger partial charge on any atom is -0.488 e. The molecule has 32 heavy (non-hydrogen) atoms. The fourth-order valence-corrected chi connectivity index (χ4v) is 5.64.